The van der Waals surface area contributed by atoms with Crippen LogP contribution in [0.5, 0.6) is 0 Å². The van der Waals surface area contributed by atoms with Gasteiger partial charge in [0, 0.05) is 19.3 Å². The van der Waals surface area contributed by atoms with Crippen molar-refractivity contribution < 1.29 is 19.1 Å². The zero-order valence-corrected chi connectivity index (χ0v) is 18.8. The highest BCUT2D eigenvalue weighted by Crippen LogP contribution is 2.25. The molecule has 0 spiro atoms. The summed E-state index contributed by atoms with van der Waals surface area (Å²) in [7, 11) is 0. The number of rotatable bonds is 14. The van der Waals surface area contributed by atoms with Crippen LogP contribution in [0.4, 0.5) is 0 Å². The Bertz CT molecular complexity index is 495. The Balaban J connectivity index is 1.91. The van der Waals surface area contributed by atoms with Gasteiger partial charge in [0.15, 0.2) is 6.61 Å². The van der Waals surface area contributed by atoms with Crippen molar-refractivity contribution >= 4 is 11.9 Å². The molecule has 0 aromatic carbocycles. The number of carbonyl (C=O) groups excluding carboxylic acids is 2. The van der Waals surface area contributed by atoms with Crippen LogP contribution in [0.3, 0.4) is 0 Å². The molecule has 4 nitrogen and oxygen atoms in total. The second-order valence-corrected chi connectivity index (χ2v) is 8.46. The fraction of sp³-hybridized carbons (Fsp3) is 0.840. The first-order valence-electron chi connectivity index (χ1n) is 11.9. The summed E-state index contributed by atoms with van der Waals surface area (Å²) in [5, 5.41) is 0. The maximum Gasteiger partial charge on any atom is 0.306 e. The van der Waals surface area contributed by atoms with Crippen molar-refractivity contribution in [2.24, 2.45) is 5.92 Å². The van der Waals surface area contributed by atoms with E-state index in [1.165, 1.54) is 44.9 Å². The lowest BCUT2D eigenvalue weighted by Crippen LogP contribution is -2.23. The van der Waals surface area contributed by atoms with Crippen LogP contribution in [0.2, 0.25) is 0 Å². The minimum Gasteiger partial charge on any atom is -0.462 e. The van der Waals surface area contributed by atoms with Gasteiger partial charge in [0.1, 0.15) is 6.10 Å². The Morgan fingerprint density at radius 1 is 0.793 bits per heavy atom. The van der Waals surface area contributed by atoms with E-state index in [0.717, 1.165) is 44.4 Å². The number of unbranched alkanes of at least 4 members (excludes halogenated alkanes) is 8. The van der Waals surface area contributed by atoms with Crippen molar-refractivity contribution in [1.82, 2.24) is 0 Å². The van der Waals surface area contributed by atoms with E-state index >= 15 is 0 Å². The molecule has 0 unspecified atom stereocenters. The van der Waals surface area contributed by atoms with Crippen LogP contribution < -0.4 is 0 Å². The largest absolute Gasteiger partial charge is 0.462 e. The van der Waals surface area contributed by atoms with Crippen LogP contribution in [0.25, 0.3) is 0 Å². The van der Waals surface area contributed by atoms with Crippen molar-refractivity contribution in [3.63, 3.8) is 0 Å². The van der Waals surface area contributed by atoms with Crippen molar-refractivity contribution in [3.05, 3.63) is 0 Å². The third-order valence-electron chi connectivity index (χ3n) is 5.61. The fourth-order valence-corrected chi connectivity index (χ4v) is 3.64. The molecule has 1 aliphatic carbocycles. The molecular weight excluding hydrogens is 364 g/mol. The third kappa shape index (κ3) is 15.1. The molecule has 0 aliphatic heterocycles. The maximum absolute atomic E-state index is 11.9. The van der Waals surface area contributed by atoms with Gasteiger partial charge in [-0.3, -0.25) is 9.59 Å². The zero-order chi connectivity index (χ0) is 21.2. The highest BCUT2D eigenvalue weighted by molar-refractivity contribution is 5.72. The Kier molecular flexibility index (Phi) is 15.3. The molecule has 0 aromatic rings. The lowest BCUT2D eigenvalue weighted by atomic mass is 9.89. The number of carbonyl (C=O) groups is 2. The van der Waals surface area contributed by atoms with E-state index in [0.29, 0.717) is 6.42 Å². The van der Waals surface area contributed by atoms with Crippen LogP contribution in [0, 0.1) is 17.8 Å². The van der Waals surface area contributed by atoms with Gasteiger partial charge in [-0.15, -0.1) is 0 Å². The lowest BCUT2D eigenvalue weighted by molar-refractivity contribution is -0.151. The number of hydrogen-bond acceptors (Lipinski definition) is 4. The van der Waals surface area contributed by atoms with Gasteiger partial charge < -0.3 is 9.47 Å². The number of esters is 2. The van der Waals surface area contributed by atoms with E-state index in [1.54, 1.807) is 0 Å². The third-order valence-corrected chi connectivity index (χ3v) is 5.61. The average molecular weight is 407 g/mol. The van der Waals surface area contributed by atoms with E-state index < -0.39 is 0 Å². The summed E-state index contributed by atoms with van der Waals surface area (Å²) in [4.78, 5) is 23.5. The van der Waals surface area contributed by atoms with Gasteiger partial charge in [0.2, 0.25) is 0 Å². The van der Waals surface area contributed by atoms with E-state index in [-0.39, 0.29) is 37.5 Å². The quantitative estimate of drug-likeness (QED) is 0.191. The average Bonchev–Trinajstić information content (AvgIpc) is 2.70. The molecule has 0 amide bonds. The second-order valence-electron chi connectivity index (χ2n) is 8.46. The van der Waals surface area contributed by atoms with E-state index in [2.05, 4.69) is 25.7 Å². The van der Waals surface area contributed by atoms with Crippen molar-refractivity contribution in [2.45, 2.75) is 123 Å². The smallest absolute Gasteiger partial charge is 0.306 e. The molecule has 0 bridgehead atoms. The minimum absolute atomic E-state index is 0.0713. The van der Waals surface area contributed by atoms with Gasteiger partial charge in [-0.2, -0.15) is 0 Å². The summed E-state index contributed by atoms with van der Waals surface area (Å²) in [6.07, 6.45) is 16.5. The number of hydrogen-bond donors (Lipinski definition) is 0. The Labute approximate surface area is 178 Å². The van der Waals surface area contributed by atoms with Gasteiger partial charge in [0.25, 0.3) is 0 Å². The molecule has 0 atom stereocenters. The van der Waals surface area contributed by atoms with Crippen LogP contribution in [0.1, 0.15) is 117 Å². The van der Waals surface area contributed by atoms with Gasteiger partial charge in [-0.25, -0.2) is 0 Å². The Hall–Kier alpha value is -1.50. The molecule has 1 rings (SSSR count). The standard InChI is InChI=1S/C25H42O4/c1-3-4-5-6-7-8-9-10-11-12-13-21-28-24(26)15-14-16-25(27)29-23-19-17-22(2)18-20-23/h22-23H,3-11,14-21H2,1-2H3. The molecule has 0 saturated heterocycles. The van der Waals surface area contributed by atoms with Gasteiger partial charge in [-0.05, 0) is 44.4 Å². The Morgan fingerprint density at radius 2 is 1.41 bits per heavy atom. The van der Waals surface area contributed by atoms with Gasteiger partial charge >= 0.3 is 11.9 Å². The first kappa shape index (κ1) is 25.5. The van der Waals surface area contributed by atoms with Crippen molar-refractivity contribution in [1.29, 1.82) is 0 Å². The van der Waals surface area contributed by atoms with Crippen molar-refractivity contribution in [3.8, 4) is 11.8 Å². The number of ether oxygens (including phenoxy) is 2. The highest BCUT2D eigenvalue weighted by Gasteiger charge is 2.21. The molecule has 0 N–H and O–H groups in total. The SMILES string of the molecule is CCCCCCCCCCC#CCOC(=O)CCCC(=O)OC1CCC(C)CC1. The topological polar surface area (TPSA) is 52.6 Å². The van der Waals surface area contributed by atoms with Crippen LogP contribution in [0.15, 0.2) is 0 Å². The molecule has 0 aromatic heterocycles. The fourth-order valence-electron chi connectivity index (χ4n) is 3.64. The predicted octanol–water partition coefficient (Wildman–Crippen LogP) is 6.36. The monoisotopic (exact) mass is 406 g/mol. The maximum atomic E-state index is 11.9. The molecule has 4 heteroatoms. The molecule has 0 radical (unpaired) electrons. The summed E-state index contributed by atoms with van der Waals surface area (Å²) in [6.45, 7) is 4.63. The van der Waals surface area contributed by atoms with Crippen LogP contribution in [-0.2, 0) is 19.1 Å². The zero-order valence-electron chi connectivity index (χ0n) is 18.8. The van der Waals surface area contributed by atoms with Crippen LogP contribution in [-0.4, -0.2) is 24.6 Å². The summed E-state index contributed by atoms with van der Waals surface area (Å²) in [5.74, 6) is 6.24. The molecular formula is C25H42O4. The molecule has 0 heterocycles. The summed E-state index contributed by atoms with van der Waals surface area (Å²) >= 11 is 0. The second kappa shape index (κ2) is 17.4. The van der Waals surface area contributed by atoms with Crippen molar-refractivity contribution in [2.75, 3.05) is 6.61 Å². The molecule has 29 heavy (non-hydrogen) atoms. The summed E-state index contributed by atoms with van der Waals surface area (Å²) in [6, 6.07) is 0. The first-order chi connectivity index (χ1) is 14.1. The lowest BCUT2D eigenvalue weighted by Gasteiger charge is -2.25. The van der Waals surface area contributed by atoms with Gasteiger partial charge in [0.05, 0.1) is 0 Å². The molecule has 166 valence electrons. The highest BCUT2D eigenvalue weighted by atomic mass is 16.5. The first-order valence-corrected chi connectivity index (χ1v) is 11.9. The molecule has 1 aliphatic rings. The predicted molar refractivity (Wildman–Crippen MR) is 117 cm³/mol. The summed E-state index contributed by atoms with van der Waals surface area (Å²) < 4.78 is 10.6. The van der Waals surface area contributed by atoms with E-state index in [9.17, 15) is 9.59 Å². The van der Waals surface area contributed by atoms with Crippen LogP contribution >= 0.6 is 0 Å². The summed E-state index contributed by atoms with van der Waals surface area (Å²) in [5.41, 5.74) is 0. The molecule has 1 fully saturated rings. The Morgan fingerprint density at radius 3 is 2.10 bits per heavy atom. The molecule has 1 saturated carbocycles. The van der Waals surface area contributed by atoms with E-state index in [1.807, 2.05) is 0 Å². The van der Waals surface area contributed by atoms with E-state index in [4.69, 9.17) is 9.47 Å². The normalized spacial score (nSPS) is 18.6. The minimum atomic E-state index is -0.286. The van der Waals surface area contributed by atoms with Gasteiger partial charge in [-0.1, -0.05) is 70.6 Å².